The van der Waals surface area contributed by atoms with Crippen LogP contribution < -0.4 is 5.32 Å². The minimum Gasteiger partial charge on any atom is -0.310 e. The van der Waals surface area contributed by atoms with Gasteiger partial charge in [-0.1, -0.05) is 36.9 Å². The van der Waals surface area contributed by atoms with Crippen molar-refractivity contribution in [1.82, 2.24) is 10.2 Å². The molecule has 1 aromatic rings. The average Bonchev–Trinajstić information content (AvgIpc) is 3.09. The van der Waals surface area contributed by atoms with Crippen molar-refractivity contribution in [1.29, 1.82) is 0 Å². The van der Waals surface area contributed by atoms with Gasteiger partial charge in [0.25, 0.3) is 0 Å². The lowest BCUT2D eigenvalue weighted by Gasteiger charge is -2.37. The fourth-order valence-electron chi connectivity index (χ4n) is 6.83. The zero-order valence-corrected chi connectivity index (χ0v) is 19.3. The van der Waals surface area contributed by atoms with Crippen molar-refractivity contribution in [2.75, 3.05) is 6.54 Å². The minimum absolute atomic E-state index is 0.00403. The van der Waals surface area contributed by atoms with Crippen molar-refractivity contribution >= 4 is 23.4 Å². The van der Waals surface area contributed by atoms with Gasteiger partial charge >= 0.3 is 0 Å². The smallest absolute Gasteiger partial charge is 0.229 e. The summed E-state index contributed by atoms with van der Waals surface area (Å²) >= 11 is 6.56. The number of nitrogens with one attached hydrogen (secondary N) is 1. The normalized spacial score (nSPS) is 27.5. The standard InChI is InChI=1S/C26H35ClN2O2/c27-22-10-9-18-6-5-7-19-14-20(28-17-21(22)25(18)19)8-1-4-13-29-23(30)15-26(16-24(29)31)11-2-3-12-26/h9-10,19-20,28H,1-8,11-17H2. The van der Waals surface area contributed by atoms with E-state index in [-0.39, 0.29) is 17.2 Å². The maximum Gasteiger partial charge on any atom is 0.229 e. The number of halogens is 1. The van der Waals surface area contributed by atoms with Crippen LogP contribution in [-0.2, 0) is 22.6 Å². The van der Waals surface area contributed by atoms with Gasteiger partial charge in [-0.05, 0) is 85.5 Å². The summed E-state index contributed by atoms with van der Waals surface area (Å²) in [5.41, 5.74) is 4.35. The van der Waals surface area contributed by atoms with Crippen molar-refractivity contribution in [3.63, 3.8) is 0 Å². The van der Waals surface area contributed by atoms with Crippen LogP contribution in [0.1, 0.15) is 99.7 Å². The molecule has 168 valence electrons. The number of likely N-dealkylation sites (tertiary alicyclic amines) is 1. The molecule has 1 saturated carbocycles. The zero-order chi connectivity index (χ0) is 21.4. The highest BCUT2D eigenvalue weighted by Crippen LogP contribution is 2.47. The van der Waals surface area contributed by atoms with Gasteiger partial charge in [-0.2, -0.15) is 0 Å². The summed E-state index contributed by atoms with van der Waals surface area (Å²) < 4.78 is 0. The third-order valence-corrected chi connectivity index (χ3v) is 8.79. The quantitative estimate of drug-likeness (QED) is 0.483. The lowest BCUT2D eigenvalue weighted by Crippen LogP contribution is -2.47. The highest BCUT2D eigenvalue weighted by Gasteiger charge is 2.44. The van der Waals surface area contributed by atoms with Gasteiger partial charge in [0, 0.05) is 37.0 Å². The van der Waals surface area contributed by atoms with E-state index in [4.69, 9.17) is 11.6 Å². The van der Waals surface area contributed by atoms with Crippen molar-refractivity contribution in [3.8, 4) is 0 Å². The lowest BCUT2D eigenvalue weighted by molar-refractivity contribution is -0.153. The number of piperidine rings is 1. The fraction of sp³-hybridized carbons (Fsp3) is 0.692. The zero-order valence-electron chi connectivity index (χ0n) is 18.6. The van der Waals surface area contributed by atoms with Crippen LogP contribution in [0, 0.1) is 5.41 Å². The van der Waals surface area contributed by atoms with E-state index in [2.05, 4.69) is 17.4 Å². The Kier molecular flexibility index (Phi) is 6.13. The monoisotopic (exact) mass is 442 g/mol. The molecule has 4 aliphatic rings. The lowest BCUT2D eigenvalue weighted by atomic mass is 9.76. The second-order valence-corrected chi connectivity index (χ2v) is 10.9. The third-order valence-electron chi connectivity index (χ3n) is 8.44. The Hall–Kier alpha value is -1.39. The van der Waals surface area contributed by atoms with E-state index in [0.717, 1.165) is 43.7 Å². The van der Waals surface area contributed by atoms with Gasteiger partial charge in [0.15, 0.2) is 0 Å². The molecule has 2 fully saturated rings. The second-order valence-electron chi connectivity index (χ2n) is 10.5. The molecule has 2 atom stereocenters. The Morgan fingerprint density at radius 1 is 1.06 bits per heavy atom. The van der Waals surface area contributed by atoms with Crippen LogP contribution in [0.5, 0.6) is 0 Å². The molecule has 5 rings (SSSR count). The Morgan fingerprint density at radius 3 is 2.61 bits per heavy atom. The highest BCUT2D eigenvalue weighted by molar-refractivity contribution is 6.31. The number of hydrogen-bond acceptors (Lipinski definition) is 3. The van der Waals surface area contributed by atoms with E-state index in [1.165, 1.54) is 55.2 Å². The first kappa shape index (κ1) is 21.5. The number of carbonyl (C=O) groups is 2. The number of amides is 2. The SMILES string of the molecule is O=C1CC2(CCCC2)CC(=O)N1CCCCC1CC2CCCc3ccc(Cl)c(c32)CN1. The Bertz CT molecular complexity index is 841. The van der Waals surface area contributed by atoms with Gasteiger partial charge < -0.3 is 5.32 Å². The molecular formula is C26H35ClN2O2. The van der Waals surface area contributed by atoms with E-state index in [9.17, 15) is 9.59 Å². The van der Waals surface area contributed by atoms with Crippen LogP contribution in [0.2, 0.25) is 5.02 Å². The first-order valence-electron chi connectivity index (χ1n) is 12.4. The van der Waals surface area contributed by atoms with Gasteiger partial charge in [-0.25, -0.2) is 0 Å². The molecule has 2 unspecified atom stereocenters. The summed E-state index contributed by atoms with van der Waals surface area (Å²) in [4.78, 5) is 26.9. The molecular weight excluding hydrogens is 408 g/mol. The number of hydrogen-bond donors (Lipinski definition) is 1. The molecule has 4 nitrogen and oxygen atoms in total. The van der Waals surface area contributed by atoms with Crippen molar-refractivity contribution < 1.29 is 9.59 Å². The summed E-state index contributed by atoms with van der Waals surface area (Å²) in [5, 5.41) is 4.66. The Labute approximate surface area is 191 Å². The van der Waals surface area contributed by atoms with E-state index in [1.54, 1.807) is 4.90 Å². The average molecular weight is 443 g/mol. The maximum atomic E-state index is 12.7. The molecule has 0 radical (unpaired) electrons. The predicted molar refractivity (Wildman–Crippen MR) is 123 cm³/mol. The van der Waals surface area contributed by atoms with Gasteiger partial charge in [0.1, 0.15) is 0 Å². The van der Waals surface area contributed by atoms with Gasteiger partial charge in [0.05, 0.1) is 0 Å². The summed E-state index contributed by atoms with van der Waals surface area (Å²) in [7, 11) is 0. The van der Waals surface area contributed by atoms with Crippen LogP contribution >= 0.6 is 11.6 Å². The van der Waals surface area contributed by atoms with E-state index >= 15 is 0 Å². The molecule has 31 heavy (non-hydrogen) atoms. The summed E-state index contributed by atoms with van der Waals surface area (Å²) in [5.74, 6) is 0.765. The van der Waals surface area contributed by atoms with E-state index < -0.39 is 0 Å². The molecule has 2 aliphatic heterocycles. The number of nitrogens with zero attached hydrogens (tertiary/aromatic N) is 1. The molecule has 0 bridgehead atoms. The molecule has 1 saturated heterocycles. The van der Waals surface area contributed by atoms with E-state index in [1.807, 2.05) is 0 Å². The summed E-state index contributed by atoms with van der Waals surface area (Å²) in [6, 6.07) is 4.78. The first-order chi connectivity index (χ1) is 15.0. The Balaban J connectivity index is 1.13. The Morgan fingerprint density at radius 2 is 1.84 bits per heavy atom. The van der Waals surface area contributed by atoms with E-state index in [0.29, 0.717) is 31.3 Å². The van der Waals surface area contributed by atoms with Gasteiger partial charge in [-0.3, -0.25) is 14.5 Å². The molecule has 2 heterocycles. The number of carbonyl (C=O) groups excluding carboxylic acids is 2. The van der Waals surface area contributed by atoms with Crippen LogP contribution in [0.4, 0.5) is 0 Å². The summed E-state index contributed by atoms with van der Waals surface area (Å²) in [6.45, 7) is 1.45. The fourth-order valence-corrected chi connectivity index (χ4v) is 7.06. The van der Waals surface area contributed by atoms with Crippen molar-refractivity contribution in [2.24, 2.45) is 5.41 Å². The van der Waals surface area contributed by atoms with Crippen LogP contribution in [0.25, 0.3) is 0 Å². The van der Waals surface area contributed by atoms with Gasteiger partial charge in [-0.15, -0.1) is 0 Å². The predicted octanol–water partition coefficient (Wildman–Crippen LogP) is 5.50. The number of benzene rings is 1. The molecule has 2 aliphatic carbocycles. The molecule has 2 amide bonds. The van der Waals surface area contributed by atoms with Crippen LogP contribution in [-0.4, -0.2) is 29.3 Å². The topological polar surface area (TPSA) is 49.4 Å². The molecule has 1 N–H and O–H groups in total. The maximum absolute atomic E-state index is 12.7. The number of imide groups is 1. The minimum atomic E-state index is 0.00403. The number of aryl methyl sites for hydroxylation is 1. The molecule has 0 aromatic heterocycles. The third kappa shape index (κ3) is 4.30. The highest BCUT2D eigenvalue weighted by atomic mass is 35.5. The first-order valence-corrected chi connectivity index (χ1v) is 12.8. The van der Waals surface area contributed by atoms with Crippen molar-refractivity contribution in [2.45, 2.75) is 102 Å². The van der Waals surface area contributed by atoms with Crippen LogP contribution in [0.15, 0.2) is 12.1 Å². The molecule has 1 spiro atoms. The van der Waals surface area contributed by atoms with Crippen LogP contribution in [0.3, 0.4) is 0 Å². The van der Waals surface area contributed by atoms with Gasteiger partial charge in [0.2, 0.25) is 11.8 Å². The van der Waals surface area contributed by atoms with Crippen molar-refractivity contribution in [3.05, 3.63) is 33.8 Å². The second kappa shape index (κ2) is 8.86. The number of rotatable bonds is 5. The largest absolute Gasteiger partial charge is 0.310 e. The number of unbranched alkanes of at least 4 members (excludes halogenated alkanes) is 1. The summed E-state index contributed by atoms with van der Waals surface area (Å²) in [6.07, 6.45) is 13.6. The molecule has 5 heteroatoms. The molecule has 1 aromatic carbocycles.